The first-order valence-corrected chi connectivity index (χ1v) is 10.8. The van der Waals surface area contributed by atoms with Crippen molar-refractivity contribution in [2.75, 3.05) is 39.1 Å². The van der Waals surface area contributed by atoms with Crippen molar-refractivity contribution < 1.29 is 38.0 Å². The monoisotopic (exact) mass is 468 g/mol. The van der Waals surface area contributed by atoms with E-state index in [9.17, 15) is 9.59 Å². The van der Waals surface area contributed by atoms with Gasteiger partial charge in [0, 0.05) is 18.2 Å². The molecule has 5 rings (SSSR count). The first-order valence-electron chi connectivity index (χ1n) is 10.8. The molecule has 34 heavy (non-hydrogen) atoms. The molecule has 3 aliphatic rings. The fourth-order valence-corrected chi connectivity index (χ4v) is 4.29. The van der Waals surface area contributed by atoms with Gasteiger partial charge in [0.15, 0.2) is 23.0 Å². The van der Waals surface area contributed by atoms with E-state index in [4.69, 9.17) is 28.4 Å². The van der Waals surface area contributed by atoms with Crippen LogP contribution >= 0.6 is 0 Å². The van der Waals surface area contributed by atoms with Crippen molar-refractivity contribution in [3.8, 4) is 28.7 Å². The van der Waals surface area contributed by atoms with E-state index in [2.05, 4.69) is 5.32 Å². The van der Waals surface area contributed by atoms with Gasteiger partial charge >= 0.3 is 12.0 Å². The maximum Gasteiger partial charge on any atom is 0.337 e. The van der Waals surface area contributed by atoms with E-state index in [0.29, 0.717) is 58.9 Å². The predicted molar refractivity (Wildman–Crippen MR) is 120 cm³/mol. The van der Waals surface area contributed by atoms with Gasteiger partial charge in [-0.1, -0.05) is 0 Å². The molecule has 3 aliphatic heterocycles. The van der Waals surface area contributed by atoms with E-state index < -0.39 is 18.0 Å². The molecule has 2 amide bonds. The van der Waals surface area contributed by atoms with Gasteiger partial charge in [-0.25, -0.2) is 9.59 Å². The minimum atomic E-state index is -0.792. The molecule has 10 nitrogen and oxygen atoms in total. The van der Waals surface area contributed by atoms with Gasteiger partial charge in [-0.2, -0.15) is 0 Å². The van der Waals surface area contributed by atoms with Crippen molar-refractivity contribution in [3.63, 3.8) is 0 Å². The number of urea groups is 1. The van der Waals surface area contributed by atoms with Crippen LogP contribution in [0.1, 0.15) is 24.9 Å². The highest BCUT2D eigenvalue weighted by atomic mass is 16.7. The molecule has 0 bridgehead atoms. The molecule has 1 N–H and O–H groups in total. The van der Waals surface area contributed by atoms with Crippen molar-refractivity contribution in [1.82, 2.24) is 5.32 Å². The minimum absolute atomic E-state index is 0.0583. The lowest BCUT2D eigenvalue weighted by Crippen LogP contribution is -2.48. The van der Waals surface area contributed by atoms with Crippen LogP contribution in [0.2, 0.25) is 0 Å². The van der Waals surface area contributed by atoms with Gasteiger partial charge in [-0.15, -0.1) is 0 Å². The zero-order valence-corrected chi connectivity index (χ0v) is 19.0. The third kappa shape index (κ3) is 3.60. The summed E-state index contributed by atoms with van der Waals surface area (Å²) in [5.74, 6) is 1.96. The lowest BCUT2D eigenvalue weighted by molar-refractivity contribution is -0.136. The topological polar surface area (TPSA) is 105 Å². The number of nitrogens with one attached hydrogen (secondary N) is 1. The molecule has 1 atom stereocenters. The van der Waals surface area contributed by atoms with E-state index >= 15 is 0 Å². The van der Waals surface area contributed by atoms with E-state index in [-0.39, 0.29) is 12.4 Å². The van der Waals surface area contributed by atoms with Crippen molar-refractivity contribution in [2.45, 2.75) is 19.4 Å². The Morgan fingerprint density at radius 2 is 1.82 bits per heavy atom. The highest BCUT2D eigenvalue weighted by molar-refractivity contribution is 6.03. The van der Waals surface area contributed by atoms with Crippen molar-refractivity contribution in [1.29, 1.82) is 0 Å². The van der Waals surface area contributed by atoms with Gasteiger partial charge in [0.2, 0.25) is 12.5 Å². The molecule has 0 fully saturated rings. The number of nitrogens with zero attached hydrogens (tertiary/aromatic N) is 1. The molecule has 2 aromatic rings. The second kappa shape index (κ2) is 8.69. The summed E-state index contributed by atoms with van der Waals surface area (Å²) in [6.07, 6.45) is 0.764. The van der Waals surface area contributed by atoms with Gasteiger partial charge in [0.05, 0.1) is 44.7 Å². The van der Waals surface area contributed by atoms with Crippen LogP contribution in [-0.2, 0) is 9.53 Å². The maximum atomic E-state index is 13.3. The van der Waals surface area contributed by atoms with Gasteiger partial charge in [-0.05, 0) is 36.8 Å². The van der Waals surface area contributed by atoms with Crippen LogP contribution in [0.3, 0.4) is 0 Å². The standard InChI is InChI=1S/C24H24N2O8/c1-13-20(23(27)30-3)21(14-9-18(29-2)22-19(10-14)33-12-34-22)25-24(28)26(13)15-5-6-16-17(11-15)32-8-4-7-31-16/h5-6,9-11,21H,4,7-8,12H2,1-3H3,(H,25,28)/t21-/m1/s1. The summed E-state index contributed by atoms with van der Waals surface area (Å²) in [6.45, 7) is 2.83. The molecular formula is C24H24N2O8. The molecular weight excluding hydrogens is 444 g/mol. The average molecular weight is 468 g/mol. The summed E-state index contributed by atoms with van der Waals surface area (Å²) in [6, 6.07) is 7.44. The Morgan fingerprint density at radius 1 is 1.03 bits per heavy atom. The van der Waals surface area contributed by atoms with Gasteiger partial charge in [0.1, 0.15) is 0 Å². The van der Waals surface area contributed by atoms with Crippen LogP contribution in [0.15, 0.2) is 41.6 Å². The molecule has 178 valence electrons. The number of fused-ring (bicyclic) bond motifs is 2. The SMILES string of the molecule is COC(=O)C1=C(C)N(c2ccc3c(c2)OCCCO3)C(=O)N[C@@H]1c1cc(OC)c2c(c1)OCO2. The fraction of sp³-hybridized carbons (Fsp3) is 0.333. The minimum Gasteiger partial charge on any atom is -0.493 e. The van der Waals surface area contributed by atoms with Crippen LogP contribution in [0.5, 0.6) is 28.7 Å². The first-order chi connectivity index (χ1) is 16.5. The van der Waals surface area contributed by atoms with Gasteiger partial charge in [0.25, 0.3) is 0 Å². The number of ether oxygens (including phenoxy) is 6. The lowest BCUT2D eigenvalue weighted by atomic mass is 9.94. The number of anilines is 1. The van der Waals surface area contributed by atoms with Crippen molar-refractivity contribution in [2.24, 2.45) is 0 Å². The number of esters is 1. The average Bonchev–Trinajstić information content (AvgIpc) is 3.20. The van der Waals surface area contributed by atoms with E-state index in [1.807, 2.05) is 0 Å². The number of benzene rings is 2. The number of rotatable bonds is 4. The fourth-order valence-electron chi connectivity index (χ4n) is 4.29. The molecule has 3 heterocycles. The summed E-state index contributed by atoms with van der Waals surface area (Å²) >= 11 is 0. The number of methoxy groups -OCH3 is 2. The predicted octanol–water partition coefficient (Wildman–Crippen LogP) is 3.30. The second-order valence-electron chi connectivity index (χ2n) is 7.85. The second-order valence-corrected chi connectivity index (χ2v) is 7.85. The molecule has 0 saturated heterocycles. The third-order valence-electron chi connectivity index (χ3n) is 5.89. The highest BCUT2D eigenvalue weighted by Gasteiger charge is 2.38. The number of carbonyl (C=O) groups excluding carboxylic acids is 2. The summed E-state index contributed by atoms with van der Waals surface area (Å²) < 4.78 is 33.0. The summed E-state index contributed by atoms with van der Waals surface area (Å²) in [5, 5.41) is 2.92. The lowest BCUT2D eigenvalue weighted by Gasteiger charge is -2.35. The molecule has 0 unspecified atom stereocenters. The number of amides is 2. The molecule has 10 heteroatoms. The highest BCUT2D eigenvalue weighted by Crippen LogP contribution is 2.45. The van der Waals surface area contributed by atoms with Crippen LogP contribution in [0.25, 0.3) is 0 Å². The quantitative estimate of drug-likeness (QED) is 0.682. The van der Waals surface area contributed by atoms with Gasteiger partial charge in [-0.3, -0.25) is 4.90 Å². The van der Waals surface area contributed by atoms with Crippen LogP contribution in [0.4, 0.5) is 10.5 Å². The third-order valence-corrected chi connectivity index (χ3v) is 5.89. The van der Waals surface area contributed by atoms with Crippen LogP contribution < -0.4 is 33.9 Å². The Bertz CT molecular complexity index is 1190. The Hall–Kier alpha value is -4.08. The Morgan fingerprint density at radius 3 is 2.59 bits per heavy atom. The number of allylic oxidation sites excluding steroid dienone is 1. The molecule has 0 aliphatic carbocycles. The number of carbonyl (C=O) groups is 2. The first kappa shape index (κ1) is 21.7. The number of hydrogen-bond acceptors (Lipinski definition) is 8. The van der Waals surface area contributed by atoms with Crippen molar-refractivity contribution in [3.05, 3.63) is 47.2 Å². The maximum absolute atomic E-state index is 13.3. The zero-order valence-electron chi connectivity index (χ0n) is 19.0. The zero-order chi connectivity index (χ0) is 23.8. The normalized spacial score (nSPS) is 18.9. The van der Waals surface area contributed by atoms with Crippen LogP contribution in [-0.4, -0.2) is 46.2 Å². The molecule has 0 saturated carbocycles. The Kier molecular flexibility index (Phi) is 5.56. The molecule has 0 spiro atoms. The van der Waals surface area contributed by atoms with Gasteiger partial charge < -0.3 is 33.7 Å². The molecule has 0 aromatic heterocycles. The van der Waals surface area contributed by atoms with Crippen LogP contribution in [0, 0.1) is 0 Å². The molecule has 0 radical (unpaired) electrons. The van der Waals surface area contributed by atoms with E-state index in [1.54, 1.807) is 37.3 Å². The Labute approximate surface area is 195 Å². The van der Waals surface area contributed by atoms with Crippen molar-refractivity contribution >= 4 is 17.7 Å². The molecule has 2 aromatic carbocycles. The Balaban J connectivity index is 1.59. The van der Waals surface area contributed by atoms with E-state index in [0.717, 1.165) is 6.42 Å². The summed E-state index contributed by atoms with van der Waals surface area (Å²) in [7, 11) is 2.81. The largest absolute Gasteiger partial charge is 0.493 e. The van der Waals surface area contributed by atoms with E-state index in [1.165, 1.54) is 19.1 Å². The number of hydrogen-bond donors (Lipinski definition) is 1. The summed E-state index contributed by atoms with van der Waals surface area (Å²) in [4.78, 5) is 27.7. The smallest absolute Gasteiger partial charge is 0.337 e. The summed E-state index contributed by atoms with van der Waals surface area (Å²) in [5.41, 5.74) is 1.82.